The molecule has 2 amide bonds. The highest BCUT2D eigenvalue weighted by Crippen LogP contribution is 2.56. The number of rotatable bonds is 6. The van der Waals surface area contributed by atoms with Gasteiger partial charge in [0.1, 0.15) is 5.75 Å². The van der Waals surface area contributed by atoms with Crippen molar-refractivity contribution < 1.29 is 23.9 Å². The van der Waals surface area contributed by atoms with Crippen LogP contribution in [0.5, 0.6) is 5.75 Å². The lowest BCUT2D eigenvalue weighted by molar-refractivity contribution is -0.165. The predicted octanol–water partition coefficient (Wildman–Crippen LogP) is 2.48. The molecular formula is C21H25ClN2O5. The highest BCUT2D eigenvalue weighted by molar-refractivity contribution is 6.30. The number of hydrogen-bond acceptors (Lipinski definition) is 5. The SMILES string of the molecule is O=C(COC(=O)C1C2CC3CC(C2)CC1C3)NNC(=O)COc1ccc(Cl)cc1. The molecule has 29 heavy (non-hydrogen) atoms. The second-order valence-electron chi connectivity index (χ2n) is 8.40. The van der Waals surface area contributed by atoms with Gasteiger partial charge in [-0.1, -0.05) is 11.6 Å². The van der Waals surface area contributed by atoms with E-state index in [4.69, 9.17) is 21.1 Å². The Hall–Kier alpha value is -2.28. The number of esters is 1. The maximum Gasteiger partial charge on any atom is 0.310 e. The maximum absolute atomic E-state index is 12.5. The lowest BCUT2D eigenvalue weighted by atomic mass is 9.52. The molecule has 1 aromatic rings. The Balaban J connectivity index is 1.15. The number of amides is 2. The van der Waals surface area contributed by atoms with Crippen molar-refractivity contribution in [2.45, 2.75) is 32.1 Å². The zero-order chi connectivity index (χ0) is 20.4. The van der Waals surface area contributed by atoms with E-state index in [2.05, 4.69) is 10.9 Å². The van der Waals surface area contributed by atoms with Gasteiger partial charge < -0.3 is 9.47 Å². The molecule has 0 aliphatic heterocycles. The summed E-state index contributed by atoms with van der Waals surface area (Å²) >= 11 is 5.78. The maximum atomic E-state index is 12.5. The second-order valence-corrected chi connectivity index (χ2v) is 8.84. The average molecular weight is 421 g/mol. The van der Waals surface area contributed by atoms with Crippen molar-refractivity contribution in [1.29, 1.82) is 0 Å². The van der Waals surface area contributed by atoms with Crippen LogP contribution in [-0.4, -0.2) is 31.0 Å². The van der Waals surface area contributed by atoms with Gasteiger partial charge in [0.15, 0.2) is 13.2 Å². The molecule has 0 saturated heterocycles. The molecule has 2 N–H and O–H groups in total. The molecule has 7 nitrogen and oxygen atoms in total. The first-order valence-electron chi connectivity index (χ1n) is 10.1. The van der Waals surface area contributed by atoms with Gasteiger partial charge in [-0.2, -0.15) is 0 Å². The summed E-state index contributed by atoms with van der Waals surface area (Å²) in [5.74, 6) is 1.40. The molecule has 4 bridgehead atoms. The van der Waals surface area contributed by atoms with Gasteiger partial charge in [-0.15, -0.1) is 0 Å². The largest absolute Gasteiger partial charge is 0.484 e. The van der Waals surface area contributed by atoms with Crippen molar-refractivity contribution in [3.05, 3.63) is 29.3 Å². The fourth-order valence-corrected chi connectivity index (χ4v) is 5.56. The number of benzene rings is 1. The first kappa shape index (κ1) is 20.0. The van der Waals surface area contributed by atoms with Gasteiger partial charge in [0.05, 0.1) is 5.92 Å². The van der Waals surface area contributed by atoms with Gasteiger partial charge in [-0.25, -0.2) is 0 Å². The van der Waals surface area contributed by atoms with Gasteiger partial charge in [-0.05, 0) is 80.0 Å². The van der Waals surface area contributed by atoms with Gasteiger partial charge in [0, 0.05) is 5.02 Å². The molecule has 4 aliphatic rings. The first-order valence-corrected chi connectivity index (χ1v) is 10.5. The Morgan fingerprint density at radius 3 is 2.00 bits per heavy atom. The zero-order valence-electron chi connectivity index (χ0n) is 16.1. The molecule has 0 aromatic heterocycles. The molecule has 0 heterocycles. The highest BCUT2D eigenvalue weighted by atomic mass is 35.5. The van der Waals surface area contributed by atoms with Crippen LogP contribution in [0.25, 0.3) is 0 Å². The van der Waals surface area contributed by atoms with E-state index in [-0.39, 0.29) is 18.5 Å². The van der Waals surface area contributed by atoms with E-state index in [0.29, 0.717) is 22.6 Å². The monoisotopic (exact) mass is 420 g/mol. The molecule has 1 aromatic carbocycles. The minimum Gasteiger partial charge on any atom is -0.484 e. The summed E-state index contributed by atoms with van der Waals surface area (Å²) in [6.07, 6.45) is 5.77. The van der Waals surface area contributed by atoms with Crippen LogP contribution in [0.3, 0.4) is 0 Å². The van der Waals surface area contributed by atoms with Crippen molar-refractivity contribution in [3.63, 3.8) is 0 Å². The summed E-state index contributed by atoms with van der Waals surface area (Å²) in [4.78, 5) is 36.2. The molecule has 8 heteroatoms. The summed E-state index contributed by atoms with van der Waals surface area (Å²) in [5.41, 5.74) is 4.47. The molecule has 4 aliphatic carbocycles. The average Bonchev–Trinajstić information content (AvgIpc) is 2.69. The molecule has 5 rings (SSSR count). The quantitative estimate of drug-likeness (QED) is 0.544. The van der Waals surface area contributed by atoms with Crippen LogP contribution in [0.2, 0.25) is 5.02 Å². The Morgan fingerprint density at radius 1 is 0.862 bits per heavy atom. The molecule has 4 saturated carbocycles. The Kier molecular flexibility index (Phi) is 5.94. The second kappa shape index (κ2) is 8.61. The Bertz CT molecular complexity index is 754. The van der Waals surface area contributed by atoms with E-state index in [1.54, 1.807) is 24.3 Å². The normalized spacial score (nSPS) is 29.2. The molecule has 0 radical (unpaired) electrons. The standard InChI is InChI=1S/C21H25ClN2O5/c22-16-1-3-17(4-2-16)28-10-18(25)23-24-19(26)11-29-21(27)20-14-6-12-5-13(8-14)9-15(20)7-12/h1-4,12-15,20H,5-11H2,(H,23,25)(H,24,26). The fraction of sp³-hybridized carbons (Fsp3) is 0.571. The number of hydrazine groups is 1. The Labute approximate surface area is 174 Å². The third-order valence-electron chi connectivity index (χ3n) is 6.37. The molecular weight excluding hydrogens is 396 g/mol. The van der Waals surface area contributed by atoms with Gasteiger partial charge in [-0.3, -0.25) is 25.2 Å². The fourth-order valence-electron chi connectivity index (χ4n) is 5.43. The van der Waals surface area contributed by atoms with Gasteiger partial charge in [0.25, 0.3) is 11.8 Å². The van der Waals surface area contributed by atoms with Crippen LogP contribution in [0.1, 0.15) is 32.1 Å². The minimum atomic E-state index is -0.581. The van der Waals surface area contributed by atoms with E-state index >= 15 is 0 Å². The van der Waals surface area contributed by atoms with Gasteiger partial charge in [0.2, 0.25) is 0 Å². The van der Waals surface area contributed by atoms with Crippen molar-refractivity contribution in [2.24, 2.45) is 29.6 Å². The van der Waals surface area contributed by atoms with E-state index in [1.165, 1.54) is 6.42 Å². The third-order valence-corrected chi connectivity index (χ3v) is 6.62. The number of carbonyl (C=O) groups excluding carboxylic acids is 3. The summed E-state index contributed by atoms with van der Waals surface area (Å²) < 4.78 is 10.5. The van der Waals surface area contributed by atoms with Crippen LogP contribution in [0.4, 0.5) is 0 Å². The molecule has 0 spiro atoms. The van der Waals surface area contributed by atoms with Crippen LogP contribution >= 0.6 is 11.6 Å². The molecule has 4 fully saturated rings. The van der Waals surface area contributed by atoms with Crippen LogP contribution in [0.15, 0.2) is 24.3 Å². The number of nitrogens with one attached hydrogen (secondary N) is 2. The number of halogens is 1. The van der Waals surface area contributed by atoms with Crippen molar-refractivity contribution in [1.82, 2.24) is 10.9 Å². The van der Waals surface area contributed by atoms with E-state index in [9.17, 15) is 14.4 Å². The summed E-state index contributed by atoms with van der Waals surface area (Å²) in [6.45, 7) is -0.671. The lowest BCUT2D eigenvalue weighted by Crippen LogP contribution is -2.49. The summed E-state index contributed by atoms with van der Waals surface area (Å²) in [5, 5.41) is 0.567. The van der Waals surface area contributed by atoms with E-state index < -0.39 is 18.4 Å². The number of hydrogen-bond donors (Lipinski definition) is 2. The summed E-state index contributed by atoms with van der Waals surface area (Å²) in [6, 6.07) is 6.57. The zero-order valence-corrected chi connectivity index (χ0v) is 16.8. The number of carbonyl (C=O) groups is 3. The lowest BCUT2D eigenvalue weighted by Gasteiger charge is -2.53. The first-order chi connectivity index (χ1) is 14.0. The van der Waals surface area contributed by atoms with Crippen molar-refractivity contribution in [3.8, 4) is 5.75 Å². The van der Waals surface area contributed by atoms with Crippen molar-refractivity contribution >= 4 is 29.4 Å². The highest BCUT2D eigenvalue weighted by Gasteiger charge is 2.51. The Morgan fingerprint density at radius 2 is 1.41 bits per heavy atom. The van der Waals surface area contributed by atoms with E-state index in [1.807, 2.05) is 0 Å². The number of ether oxygens (including phenoxy) is 2. The van der Waals surface area contributed by atoms with Crippen LogP contribution < -0.4 is 15.6 Å². The summed E-state index contributed by atoms with van der Waals surface area (Å²) in [7, 11) is 0. The topological polar surface area (TPSA) is 93.7 Å². The van der Waals surface area contributed by atoms with E-state index in [0.717, 1.165) is 37.5 Å². The molecule has 0 atom stereocenters. The van der Waals surface area contributed by atoms with Crippen LogP contribution in [-0.2, 0) is 19.1 Å². The third kappa shape index (κ3) is 4.83. The minimum absolute atomic E-state index is 0.0713. The van der Waals surface area contributed by atoms with Crippen LogP contribution in [0, 0.1) is 29.6 Å². The van der Waals surface area contributed by atoms with Crippen molar-refractivity contribution in [2.75, 3.05) is 13.2 Å². The van der Waals surface area contributed by atoms with Gasteiger partial charge >= 0.3 is 5.97 Å². The predicted molar refractivity (Wildman–Crippen MR) is 105 cm³/mol. The smallest absolute Gasteiger partial charge is 0.310 e. The molecule has 156 valence electrons. The molecule has 0 unspecified atom stereocenters.